The van der Waals surface area contributed by atoms with Crippen molar-refractivity contribution >= 4 is 29.1 Å². The Kier molecular flexibility index (Phi) is 6.42. The van der Waals surface area contributed by atoms with Gasteiger partial charge in [-0.2, -0.15) is 0 Å². The largest absolute Gasteiger partial charge is 0.495 e. The van der Waals surface area contributed by atoms with Crippen LogP contribution in [0.15, 0.2) is 36.4 Å². The molecule has 6 heteroatoms. The Morgan fingerprint density at radius 1 is 1.16 bits per heavy atom. The highest BCUT2D eigenvalue weighted by Gasteiger charge is 2.09. The van der Waals surface area contributed by atoms with E-state index >= 15 is 0 Å². The van der Waals surface area contributed by atoms with Crippen LogP contribution in [0.3, 0.4) is 0 Å². The van der Waals surface area contributed by atoms with E-state index in [0.717, 1.165) is 11.1 Å². The van der Waals surface area contributed by atoms with E-state index in [4.69, 9.17) is 16.3 Å². The van der Waals surface area contributed by atoms with Crippen LogP contribution in [0.25, 0.3) is 0 Å². The Morgan fingerprint density at radius 2 is 1.92 bits per heavy atom. The summed E-state index contributed by atoms with van der Waals surface area (Å²) in [5.41, 5.74) is 3.06. The standard InChI is InChI=1S/C19H21ClN2O3/c1-12-10-14(19(24)21-2)6-7-16(12)22-18(23)9-5-13-4-8-17(25-3)15(20)11-13/h4,6-8,10-11H,5,9H2,1-3H3,(H,21,24)(H,22,23). The summed E-state index contributed by atoms with van der Waals surface area (Å²) in [6, 6.07) is 10.7. The Hall–Kier alpha value is -2.53. The third-order valence-corrected chi connectivity index (χ3v) is 4.14. The topological polar surface area (TPSA) is 67.4 Å². The molecule has 0 atom stereocenters. The van der Waals surface area contributed by atoms with Gasteiger partial charge in [0.05, 0.1) is 12.1 Å². The zero-order chi connectivity index (χ0) is 18.4. The minimum absolute atomic E-state index is 0.0947. The molecule has 2 rings (SSSR count). The van der Waals surface area contributed by atoms with Crippen LogP contribution in [0.2, 0.25) is 5.02 Å². The highest BCUT2D eigenvalue weighted by molar-refractivity contribution is 6.32. The van der Waals surface area contributed by atoms with Gasteiger partial charge in [-0.3, -0.25) is 9.59 Å². The Labute approximate surface area is 152 Å². The van der Waals surface area contributed by atoms with Crippen LogP contribution in [0, 0.1) is 6.92 Å². The van der Waals surface area contributed by atoms with E-state index in [1.54, 1.807) is 44.5 Å². The average Bonchev–Trinajstić information content (AvgIpc) is 2.61. The van der Waals surface area contributed by atoms with Gasteiger partial charge in [-0.1, -0.05) is 17.7 Å². The van der Waals surface area contributed by atoms with Crippen LogP contribution in [0.4, 0.5) is 5.69 Å². The molecule has 2 aromatic carbocycles. The van der Waals surface area contributed by atoms with Gasteiger partial charge < -0.3 is 15.4 Å². The van der Waals surface area contributed by atoms with Gasteiger partial charge in [0.15, 0.2) is 0 Å². The highest BCUT2D eigenvalue weighted by atomic mass is 35.5. The van der Waals surface area contributed by atoms with Crippen LogP contribution >= 0.6 is 11.6 Å². The molecule has 25 heavy (non-hydrogen) atoms. The fourth-order valence-corrected chi connectivity index (χ4v) is 2.71. The van der Waals surface area contributed by atoms with E-state index < -0.39 is 0 Å². The smallest absolute Gasteiger partial charge is 0.251 e. The lowest BCUT2D eigenvalue weighted by Gasteiger charge is -2.10. The molecule has 0 heterocycles. The van der Waals surface area contributed by atoms with Gasteiger partial charge in [-0.15, -0.1) is 0 Å². The number of aryl methyl sites for hydroxylation is 2. The minimum Gasteiger partial charge on any atom is -0.495 e. The van der Waals surface area contributed by atoms with Crippen LogP contribution in [-0.2, 0) is 11.2 Å². The Bertz CT molecular complexity index is 790. The predicted octanol–water partition coefficient (Wildman–Crippen LogP) is 3.59. The third-order valence-electron chi connectivity index (χ3n) is 3.85. The summed E-state index contributed by atoms with van der Waals surface area (Å²) in [5, 5.41) is 5.98. The van der Waals surface area contributed by atoms with E-state index in [2.05, 4.69) is 10.6 Å². The lowest BCUT2D eigenvalue weighted by Crippen LogP contribution is -2.18. The van der Waals surface area contributed by atoms with Gasteiger partial charge in [-0.05, 0) is 54.8 Å². The maximum Gasteiger partial charge on any atom is 0.251 e. The quantitative estimate of drug-likeness (QED) is 0.827. The molecule has 0 spiro atoms. The van der Waals surface area contributed by atoms with E-state index in [-0.39, 0.29) is 11.8 Å². The first-order valence-electron chi connectivity index (χ1n) is 7.89. The molecule has 0 aliphatic rings. The van der Waals surface area contributed by atoms with Gasteiger partial charge in [0.25, 0.3) is 5.91 Å². The molecule has 0 aliphatic carbocycles. The summed E-state index contributed by atoms with van der Waals surface area (Å²) in [7, 11) is 3.14. The van der Waals surface area contributed by atoms with Crippen molar-refractivity contribution in [1.82, 2.24) is 5.32 Å². The van der Waals surface area contributed by atoms with Crippen LogP contribution in [0.5, 0.6) is 5.75 Å². The van der Waals surface area contributed by atoms with Gasteiger partial charge >= 0.3 is 0 Å². The molecule has 0 radical (unpaired) electrons. The summed E-state index contributed by atoms with van der Waals surface area (Å²) in [5.74, 6) is 0.363. The van der Waals surface area contributed by atoms with Crippen molar-refractivity contribution in [3.8, 4) is 5.75 Å². The highest BCUT2D eigenvalue weighted by Crippen LogP contribution is 2.25. The van der Waals surface area contributed by atoms with Crippen molar-refractivity contribution in [2.45, 2.75) is 19.8 Å². The van der Waals surface area contributed by atoms with Crippen molar-refractivity contribution in [2.24, 2.45) is 0 Å². The lowest BCUT2D eigenvalue weighted by atomic mass is 10.1. The molecular formula is C19H21ClN2O3. The third kappa shape index (κ3) is 4.97. The monoisotopic (exact) mass is 360 g/mol. The van der Waals surface area contributed by atoms with Crippen LogP contribution in [0.1, 0.15) is 27.9 Å². The van der Waals surface area contributed by atoms with Crippen LogP contribution in [-0.4, -0.2) is 26.0 Å². The molecular weight excluding hydrogens is 340 g/mol. The van der Waals surface area contributed by atoms with Crippen molar-refractivity contribution in [1.29, 1.82) is 0 Å². The van der Waals surface area contributed by atoms with Crippen molar-refractivity contribution in [3.63, 3.8) is 0 Å². The molecule has 0 aromatic heterocycles. The molecule has 2 N–H and O–H groups in total. The summed E-state index contributed by atoms with van der Waals surface area (Å²) >= 11 is 6.09. The molecule has 2 amide bonds. The minimum atomic E-state index is -0.155. The number of ether oxygens (including phenoxy) is 1. The molecule has 0 fully saturated rings. The van der Waals surface area contributed by atoms with Gasteiger partial charge in [0, 0.05) is 24.7 Å². The SMILES string of the molecule is CNC(=O)c1ccc(NC(=O)CCc2ccc(OC)c(Cl)c2)c(C)c1. The van der Waals surface area contributed by atoms with Gasteiger partial charge in [0.2, 0.25) is 5.91 Å². The Balaban J connectivity index is 1.96. The number of nitrogens with one attached hydrogen (secondary N) is 2. The number of hydrogen-bond acceptors (Lipinski definition) is 3. The molecule has 0 unspecified atom stereocenters. The second kappa shape index (κ2) is 8.53. The van der Waals surface area contributed by atoms with E-state index in [1.807, 2.05) is 13.0 Å². The maximum atomic E-state index is 12.2. The summed E-state index contributed by atoms with van der Waals surface area (Å²) in [6.07, 6.45) is 0.907. The van der Waals surface area contributed by atoms with Crippen molar-refractivity contribution in [2.75, 3.05) is 19.5 Å². The Morgan fingerprint density at radius 3 is 2.52 bits per heavy atom. The summed E-state index contributed by atoms with van der Waals surface area (Å²) in [4.78, 5) is 23.8. The molecule has 0 saturated heterocycles. The molecule has 132 valence electrons. The number of methoxy groups -OCH3 is 1. The number of carbonyl (C=O) groups is 2. The normalized spacial score (nSPS) is 10.2. The zero-order valence-electron chi connectivity index (χ0n) is 14.5. The summed E-state index contributed by atoms with van der Waals surface area (Å²) < 4.78 is 5.11. The number of carbonyl (C=O) groups excluding carboxylic acids is 2. The number of halogens is 1. The first-order valence-corrected chi connectivity index (χ1v) is 8.27. The zero-order valence-corrected chi connectivity index (χ0v) is 15.2. The van der Waals surface area contributed by atoms with E-state index in [9.17, 15) is 9.59 Å². The number of benzene rings is 2. The molecule has 5 nitrogen and oxygen atoms in total. The fourth-order valence-electron chi connectivity index (χ4n) is 2.43. The van der Waals surface area contributed by atoms with Crippen molar-refractivity contribution < 1.29 is 14.3 Å². The number of rotatable bonds is 6. The molecule has 0 aliphatic heterocycles. The molecule has 0 saturated carbocycles. The molecule has 0 bridgehead atoms. The van der Waals surface area contributed by atoms with Gasteiger partial charge in [0.1, 0.15) is 5.75 Å². The first-order chi connectivity index (χ1) is 11.9. The van der Waals surface area contributed by atoms with Crippen LogP contribution < -0.4 is 15.4 Å². The first kappa shape index (κ1) is 18.8. The molecule has 2 aromatic rings. The number of amides is 2. The number of hydrogen-bond donors (Lipinski definition) is 2. The van der Waals surface area contributed by atoms with E-state index in [1.165, 1.54) is 0 Å². The van der Waals surface area contributed by atoms with Gasteiger partial charge in [-0.25, -0.2) is 0 Å². The fraction of sp³-hybridized carbons (Fsp3) is 0.263. The second-order valence-electron chi connectivity index (χ2n) is 5.63. The maximum absolute atomic E-state index is 12.2. The van der Waals surface area contributed by atoms with E-state index in [0.29, 0.717) is 34.9 Å². The predicted molar refractivity (Wildman–Crippen MR) is 99.5 cm³/mol. The summed E-state index contributed by atoms with van der Waals surface area (Å²) in [6.45, 7) is 1.85. The second-order valence-corrected chi connectivity index (χ2v) is 6.03. The van der Waals surface area contributed by atoms with Crippen molar-refractivity contribution in [3.05, 3.63) is 58.1 Å². The lowest BCUT2D eigenvalue weighted by molar-refractivity contribution is -0.116. The number of anilines is 1. The average molecular weight is 361 g/mol.